The van der Waals surface area contributed by atoms with Crippen LogP contribution >= 0.6 is 11.3 Å². The van der Waals surface area contributed by atoms with E-state index in [4.69, 9.17) is 4.52 Å². The molecular weight excluding hydrogens is 286 g/mol. The molecule has 6 heteroatoms. The first-order valence-corrected chi connectivity index (χ1v) is 7.30. The fourth-order valence-corrected chi connectivity index (χ4v) is 2.56. The van der Waals surface area contributed by atoms with Crippen LogP contribution in [0.25, 0.3) is 10.6 Å². The van der Waals surface area contributed by atoms with Crippen molar-refractivity contribution in [1.29, 1.82) is 0 Å². The number of thiophene rings is 1. The van der Waals surface area contributed by atoms with Gasteiger partial charge in [-0.05, 0) is 36.1 Å². The summed E-state index contributed by atoms with van der Waals surface area (Å²) < 4.78 is 5.24. The van der Waals surface area contributed by atoms with Gasteiger partial charge in [0.25, 0.3) is 0 Å². The first-order chi connectivity index (χ1) is 10.2. The zero-order chi connectivity index (χ0) is 14.7. The molecule has 0 radical (unpaired) electrons. The first kappa shape index (κ1) is 13.5. The van der Waals surface area contributed by atoms with E-state index >= 15 is 0 Å². The Balaban J connectivity index is 1.65. The third-order valence-corrected chi connectivity index (χ3v) is 3.73. The van der Waals surface area contributed by atoms with Crippen LogP contribution in [0.15, 0.2) is 46.4 Å². The van der Waals surface area contributed by atoms with Crippen LogP contribution in [0.2, 0.25) is 0 Å². The van der Waals surface area contributed by atoms with Crippen LogP contribution < -0.4 is 5.32 Å². The molecule has 0 bridgehead atoms. The molecule has 3 aromatic rings. The second kappa shape index (κ2) is 5.88. The Morgan fingerprint density at radius 3 is 3.05 bits per heavy atom. The second-order valence-electron chi connectivity index (χ2n) is 4.60. The molecule has 0 fully saturated rings. The van der Waals surface area contributed by atoms with Crippen molar-refractivity contribution in [2.45, 2.75) is 13.3 Å². The van der Waals surface area contributed by atoms with Crippen LogP contribution in [0, 0.1) is 6.92 Å². The van der Waals surface area contributed by atoms with Crippen molar-refractivity contribution in [1.82, 2.24) is 10.1 Å². The Bertz CT molecular complexity index is 750. The third-order valence-electron chi connectivity index (χ3n) is 2.85. The number of amides is 1. The van der Waals surface area contributed by atoms with Gasteiger partial charge in [-0.25, -0.2) is 4.98 Å². The predicted octanol–water partition coefficient (Wildman–Crippen LogP) is 3.29. The van der Waals surface area contributed by atoms with Crippen molar-refractivity contribution in [2.75, 3.05) is 5.32 Å². The minimum absolute atomic E-state index is 0.157. The largest absolute Gasteiger partial charge is 0.355 e. The average molecular weight is 299 g/mol. The summed E-state index contributed by atoms with van der Waals surface area (Å²) in [7, 11) is 0. The molecule has 3 rings (SSSR count). The van der Waals surface area contributed by atoms with Gasteiger partial charge in [0.15, 0.2) is 5.76 Å². The van der Waals surface area contributed by atoms with Gasteiger partial charge < -0.3 is 9.84 Å². The van der Waals surface area contributed by atoms with E-state index in [-0.39, 0.29) is 12.3 Å². The van der Waals surface area contributed by atoms with E-state index in [1.807, 2.05) is 36.6 Å². The molecule has 0 aliphatic carbocycles. The molecule has 0 unspecified atom stereocenters. The molecule has 106 valence electrons. The Hall–Kier alpha value is -2.47. The number of hydrogen-bond donors (Lipinski definition) is 1. The Labute approximate surface area is 125 Å². The number of nitrogens with zero attached hydrogens (tertiary/aromatic N) is 2. The van der Waals surface area contributed by atoms with E-state index in [1.54, 1.807) is 23.6 Å². The van der Waals surface area contributed by atoms with Crippen LogP contribution in [0.5, 0.6) is 0 Å². The highest BCUT2D eigenvalue weighted by Crippen LogP contribution is 2.25. The summed E-state index contributed by atoms with van der Waals surface area (Å²) in [5.74, 6) is 1.06. The van der Waals surface area contributed by atoms with Crippen LogP contribution in [0.4, 0.5) is 5.82 Å². The highest BCUT2D eigenvalue weighted by molar-refractivity contribution is 7.13. The number of carbonyl (C=O) groups excluding carboxylic acids is 1. The van der Waals surface area contributed by atoms with Gasteiger partial charge in [0.1, 0.15) is 5.82 Å². The molecule has 0 aliphatic rings. The number of aryl methyl sites for hydroxylation is 1. The maximum Gasteiger partial charge on any atom is 0.231 e. The minimum Gasteiger partial charge on any atom is -0.355 e. The van der Waals surface area contributed by atoms with Crippen molar-refractivity contribution in [3.8, 4) is 10.6 Å². The van der Waals surface area contributed by atoms with Gasteiger partial charge in [0, 0.05) is 12.3 Å². The molecular formula is C15H13N3O2S. The number of aromatic nitrogens is 2. The number of carbonyl (C=O) groups is 1. The van der Waals surface area contributed by atoms with E-state index in [0.29, 0.717) is 17.3 Å². The predicted molar refractivity (Wildman–Crippen MR) is 81.1 cm³/mol. The zero-order valence-electron chi connectivity index (χ0n) is 11.4. The lowest BCUT2D eigenvalue weighted by Gasteiger charge is -2.03. The molecule has 0 saturated heterocycles. The van der Waals surface area contributed by atoms with Crippen molar-refractivity contribution >= 4 is 23.1 Å². The Morgan fingerprint density at radius 2 is 2.29 bits per heavy atom. The van der Waals surface area contributed by atoms with Crippen LogP contribution in [0.3, 0.4) is 0 Å². The highest BCUT2D eigenvalue weighted by atomic mass is 32.1. The van der Waals surface area contributed by atoms with Crippen LogP contribution in [0.1, 0.15) is 11.3 Å². The SMILES string of the molecule is Cc1ccnc(NC(=O)Cc2cc(-c3cccs3)on2)c1. The second-order valence-corrected chi connectivity index (χ2v) is 5.55. The number of nitrogens with one attached hydrogen (secondary N) is 1. The van der Waals surface area contributed by atoms with Crippen LogP contribution in [-0.4, -0.2) is 16.0 Å². The molecule has 1 amide bonds. The number of pyridine rings is 1. The third kappa shape index (κ3) is 3.35. The maximum absolute atomic E-state index is 12.0. The summed E-state index contributed by atoms with van der Waals surface area (Å²) in [5.41, 5.74) is 1.64. The van der Waals surface area contributed by atoms with Gasteiger partial charge in [-0.1, -0.05) is 11.2 Å². The quantitative estimate of drug-likeness (QED) is 0.802. The molecule has 0 aliphatic heterocycles. The number of rotatable bonds is 4. The Kier molecular flexibility index (Phi) is 3.79. The van der Waals surface area contributed by atoms with Crippen molar-refractivity contribution in [3.05, 3.63) is 53.2 Å². The van der Waals surface area contributed by atoms with Crippen molar-refractivity contribution in [2.24, 2.45) is 0 Å². The van der Waals surface area contributed by atoms with Gasteiger partial charge in [0.2, 0.25) is 5.91 Å². The Morgan fingerprint density at radius 1 is 1.38 bits per heavy atom. The van der Waals surface area contributed by atoms with Gasteiger partial charge in [-0.3, -0.25) is 4.79 Å². The molecule has 5 nitrogen and oxygen atoms in total. The summed E-state index contributed by atoms with van der Waals surface area (Å²) in [4.78, 5) is 17.0. The molecule has 21 heavy (non-hydrogen) atoms. The molecule has 0 aromatic carbocycles. The minimum atomic E-state index is -0.167. The monoisotopic (exact) mass is 299 g/mol. The lowest BCUT2D eigenvalue weighted by Crippen LogP contribution is -2.15. The van der Waals surface area contributed by atoms with Gasteiger partial charge >= 0.3 is 0 Å². The normalized spacial score (nSPS) is 10.5. The molecule has 1 N–H and O–H groups in total. The lowest BCUT2D eigenvalue weighted by atomic mass is 10.2. The standard InChI is InChI=1S/C15H13N3O2S/c1-10-4-5-16-14(7-10)17-15(19)9-11-8-12(20-18-11)13-3-2-6-21-13/h2-8H,9H2,1H3,(H,16,17,19). The summed E-state index contributed by atoms with van der Waals surface area (Å²) in [6.07, 6.45) is 1.82. The molecule has 3 aromatic heterocycles. The topological polar surface area (TPSA) is 68.0 Å². The van der Waals surface area contributed by atoms with E-state index in [0.717, 1.165) is 10.4 Å². The summed E-state index contributed by atoms with van der Waals surface area (Å²) >= 11 is 1.57. The smallest absolute Gasteiger partial charge is 0.231 e. The first-order valence-electron chi connectivity index (χ1n) is 6.43. The fraction of sp³-hybridized carbons (Fsp3) is 0.133. The summed E-state index contributed by atoms with van der Waals surface area (Å²) in [6.45, 7) is 1.95. The zero-order valence-corrected chi connectivity index (χ0v) is 12.2. The average Bonchev–Trinajstić information content (AvgIpc) is 3.08. The van der Waals surface area contributed by atoms with Gasteiger partial charge in [0.05, 0.1) is 17.0 Å². The van der Waals surface area contributed by atoms with Crippen molar-refractivity contribution < 1.29 is 9.32 Å². The molecule has 0 spiro atoms. The molecule has 0 atom stereocenters. The van der Waals surface area contributed by atoms with Gasteiger partial charge in [-0.15, -0.1) is 11.3 Å². The number of hydrogen-bond acceptors (Lipinski definition) is 5. The van der Waals surface area contributed by atoms with Crippen LogP contribution in [-0.2, 0) is 11.2 Å². The fourth-order valence-electron chi connectivity index (χ4n) is 1.89. The van der Waals surface area contributed by atoms with Crippen molar-refractivity contribution in [3.63, 3.8) is 0 Å². The summed E-state index contributed by atoms with van der Waals surface area (Å²) in [6, 6.07) is 9.37. The molecule has 0 saturated carbocycles. The highest BCUT2D eigenvalue weighted by Gasteiger charge is 2.11. The van der Waals surface area contributed by atoms with E-state index in [2.05, 4.69) is 15.5 Å². The van der Waals surface area contributed by atoms with E-state index in [9.17, 15) is 4.79 Å². The summed E-state index contributed by atoms with van der Waals surface area (Å²) in [5, 5.41) is 8.63. The van der Waals surface area contributed by atoms with Gasteiger partial charge in [-0.2, -0.15) is 0 Å². The maximum atomic E-state index is 12.0. The number of anilines is 1. The lowest BCUT2D eigenvalue weighted by molar-refractivity contribution is -0.115. The van der Waals surface area contributed by atoms with E-state index < -0.39 is 0 Å². The van der Waals surface area contributed by atoms with E-state index in [1.165, 1.54) is 0 Å². The molecule has 3 heterocycles.